The fourth-order valence-electron chi connectivity index (χ4n) is 1.69. The lowest BCUT2D eigenvalue weighted by Gasteiger charge is -2.05. The summed E-state index contributed by atoms with van der Waals surface area (Å²) >= 11 is 0. The first-order chi connectivity index (χ1) is 9.72. The number of hydrogen-bond donors (Lipinski definition) is 3. The fourth-order valence-corrected chi connectivity index (χ4v) is 1.69. The third kappa shape index (κ3) is 2.34. The van der Waals surface area contributed by atoms with Gasteiger partial charge in [0, 0.05) is 18.1 Å². The Bertz CT molecular complexity index is 715. The lowest BCUT2D eigenvalue weighted by Crippen LogP contribution is -2.13. The number of aromatic nitrogens is 5. The number of carbonyl (C=O) groups excluding carboxylic acids is 1. The van der Waals surface area contributed by atoms with Crippen molar-refractivity contribution >= 4 is 17.5 Å². The molecule has 0 radical (unpaired) electrons. The average molecular weight is 269 g/mol. The van der Waals surface area contributed by atoms with Crippen LogP contribution in [0.4, 0.5) is 11.6 Å². The molecule has 0 saturated carbocycles. The van der Waals surface area contributed by atoms with Crippen molar-refractivity contribution in [1.29, 1.82) is 0 Å². The van der Waals surface area contributed by atoms with E-state index in [9.17, 15) is 4.79 Å². The summed E-state index contributed by atoms with van der Waals surface area (Å²) in [5, 5.41) is 12.8. The second kappa shape index (κ2) is 4.84. The number of nitrogens with zero attached hydrogens (tertiary/aromatic N) is 4. The van der Waals surface area contributed by atoms with E-state index in [0.29, 0.717) is 5.69 Å². The van der Waals surface area contributed by atoms with Gasteiger partial charge in [0.25, 0.3) is 5.91 Å². The zero-order chi connectivity index (χ0) is 13.9. The Hall–Kier alpha value is -3.16. The summed E-state index contributed by atoms with van der Waals surface area (Å²) in [7, 11) is 0. The number of carbonyl (C=O) groups is 1. The van der Waals surface area contributed by atoms with Crippen molar-refractivity contribution in [3.8, 4) is 5.69 Å². The second-order valence-electron chi connectivity index (χ2n) is 3.99. The van der Waals surface area contributed by atoms with Gasteiger partial charge in [0.05, 0.1) is 5.69 Å². The van der Waals surface area contributed by atoms with E-state index in [0.717, 1.165) is 5.69 Å². The molecular formula is C12H11N7O. The number of aromatic amines is 1. The minimum Gasteiger partial charge on any atom is -0.366 e. The monoisotopic (exact) mass is 269 g/mol. The summed E-state index contributed by atoms with van der Waals surface area (Å²) in [6.07, 6.45) is 3.54. The normalized spacial score (nSPS) is 10.4. The molecule has 8 heteroatoms. The third-order valence-corrected chi connectivity index (χ3v) is 2.61. The molecule has 0 aliphatic rings. The van der Waals surface area contributed by atoms with E-state index in [1.807, 2.05) is 24.4 Å². The van der Waals surface area contributed by atoms with E-state index in [1.54, 1.807) is 23.0 Å². The van der Waals surface area contributed by atoms with Gasteiger partial charge in [-0.05, 0) is 30.3 Å². The maximum absolute atomic E-state index is 11.8. The summed E-state index contributed by atoms with van der Waals surface area (Å²) < 4.78 is 1.72. The highest BCUT2D eigenvalue weighted by Crippen LogP contribution is 2.13. The molecule has 0 saturated heterocycles. The Kier molecular flexibility index (Phi) is 2.88. The number of nitrogens with one attached hydrogen (secondary N) is 2. The van der Waals surface area contributed by atoms with Gasteiger partial charge in [-0.15, -0.1) is 5.10 Å². The summed E-state index contributed by atoms with van der Waals surface area (Å²) in [4.78, 5) is 15.6. The average Bonchev–Trinajstić information content (AvgIpc) is 3.10. The van der Waals surface area contributed by atoms with Gasteiger partial charge in [0.15, 0.2) is 0 Å². The minimum atomic E-state index is -0.402. The van der Waals surface area contributed by atoms with Crippen molar-refractivity contribution in [3.05, 3.63) is 48.5 Å². The quantitative estimate of drug-likeness (QED) is 0.651. The van der Waals surface area contributed by atoms with Gasteiger partial charge in [-0.2, -0.15) is 10.1 Å². The summed E-state index contributed by atoms with van der Waals surface area (Å²) in [5.41, 5.74) is 6.88. The molecule has 100 valence electrons. The van der Waals surface area contributed by atoms with E-state index < -0.39 is 5.91 Å². The molecule has 1 amide bonds. The molecule has 3 aromatic rings. The molecule has 1 aromatic carbocycles. The van der Waals surface area contributed by atoms with Crippen LogP contribution in [0.3, 0.4) is 0 Å². The molecule has 0 unspecified atom stereocenters. The smallest absolute Gasteiger partial charge is 0.293 e. The largest absolute Gasteiger partial charge is 0.366 e. The second-order valence-corrected chi connectivity index (χ2v) is 3.99. The van der Waals surface area contributed by atoms with Crippen LogP contribution in [-0.4, -0.2) is 30.9 Å². The molecule has 0 aliphatic carbocycles. The van der Waals surface area contributed by atoms with Gasteiger partial charge in [0.2, 0.25) is 11.8 Å². The Morgan fingerprint density at radius 3 is 2.70 bits per heavy atom. The number of nitrogen functional groups attached to an aromatic ring is 1. The number of nitrogens with two attached hydrogens (primary N) is 1. The van der Waals surface area contributed by atoms with Crippen LogP contribution in [0.2, 0.25) is 0 Å². The van der Waals surface area contributed by atoms with Gasteiger partial charge in [-0.3, -0.25) is 9.89 Å². The van der Waals surface area contributed by atoms with Crippen molar-refractivity contribution in [3.63, 3.8) is 0 Å². The number of H-pyrrole nitrogens is 1. The SMILES string of the molecule is Nc1n[nH]c(C(=O)Nc2ccc(-n3cccn3)cc2)n1. The highest BCUT2D eigenvalue weighted by molar-refractivity contribution is 6.01. The molecule has 2 aromatic heterocycles. The van der Waals surface area contributed by atoms with Gasteiger partial charge >= 0.3 is 0 Å². The Labute approximate surface area is 113 Å². The molecule has 0 atom stereocenters. The molecule has 8 nitrogen and oxygen atoms in total. The molecule has 2 heterocycles. The van der Waals surface area contributed by atoms with Crippen molar-refractivity contribution in [2.45, 2.75) is 0 Å². The first-order valence-electron chi connectivity index (χ1n) is 5.82. The molecule has 0 bridgehead atoms. The highest BCUT2D eigenvalue weighted by atomic mass is 16.2. The molecule has 0 fully saturated rings. The molecule has 20 heavy (non-hydrogen) atoms. The van der Waals surface area contributed by atoms with E-state index in [-0.39, 0.29) is 11.8 Å². The summed E-state index contributed by atoms with van der Waals surface area (Å²) in [6.45, 7) is 0. The number of anilines is 2. The molecule has 4 N–H and O–H groups in total. The molecule has 0 aliphatic heterocycles. The van der Waals surface area contributed by atoms with E-state index in [1.165, 1.54) is 0 Å². The lowest BCUT2D eigenvalue weighted by molar-refractivity contribution is 0.101. The van der Waals surface area contributed by atoms with Crippen LogP contribution in [0.1, 0.15) is 10.6 Å². The van der Waals surface area contributed by atoms with Crippen molar-refractivity contribution in [1.82, 2.24) is 25.0 Å². The topological polar surface area (TPSA) is 115 Å². The lowest BCUT2D eigenvalue weighted by atomic mass is 10.3. The van der Waals surface area contributed by atoms with Crippen LogP contribution in [0, 0.1) is 0 Å². The number of benzene rings is 1. The maximum atomic E-state index is 11.8. The first kappa shape index (κ1) is 11.9. The van der Waals surface area contributed by atoms with E-state index in [4.69, 9.17) is 5.73 Å². The van der Waals surface area contributed by atoms with Gasteiger partial charge in [-0.25, -0.2) is 4.68 Å². The molecule has 3 rings (SSSR count). The number of hydrogen-bond acceptors (Lipinski definition) is 5. The van der Waals surface area contributed by atoms with E-state index in [2.05, 4.69) is 25.6 Å². The van der Waals surface area contributed by atoms with Crippen LogP contribution < -0.4 is 11.1 Å². The van der Waals surface area contributed by atoms with Gasteiger partial charge < -0.3 is 11.1 Å². The van der Waals surface area contributed by atoms with Gasteiger partial charge in [-0.1, -0.05) is 0 Å². The van der Waals surface area contributed by atoms with Crippen molar-refractivity contribution < 1.29 is 4.79 Å². The molecular weight excluding hydrogens is 258 g/mol. The Morgan fingerprint density at radius 2 is 2.10 bits per heavy atom. The summed E-state index contributed by atoms with van der Waals surface area (Å²) in [5.74, 6) is -0.302. The number of amides is 1. The number of rotatable bonds is 3. The zero-order valence-electron chi connectivity index (χ0n) is 10.3. The predicted octanol–water partition coefficient (Wildman–Crippen LogP) is 0.825. The van der Waals surface area contributed by atoms with Gasteiger partial charge in [0.1, 0.15) is 0 Å². The van der Waals surface area contributed by atoms with Crippen LogP contribution >= 0.6 is 0 Å². The van der Waals surface area contributed by atoms with Crippen molar-refractivity contribution in [2.75, 3.05) is 11.1 Å². The van der Waals surface area contributed by atoms with Crippen LogP contribution in [0.15, 0.2) is 42.7 Å². The standard InChI is InChI=1S/C12H11N7O/c13-12-16-10(17-18-12)11(20)15-8-2-4-9(5-3-8)19-7-1-6-14-19/h1-7H,(H,15,20)(H3,13,16,17,18). The van der Waals surface area contributed by atoms with Crippen LogP contribution in [-0.2, 0) is 0 Å². The Morgan fingerprint density at radius 1 is 1.30 bits per heavy atom. The third-order valence-electron chi connectivity index (χ3n) is 2.61. The van der Waals surface area contributed by atoms with E-state index >= 15 is 0 Å². The minimum absolute atomic E-state index is 0.0316. The zero-order valence-corrected chi connectivity index (χ0v) is 10.3. The summed E-state index contributed by atoms with van der Waals surface area (Å²) in [6, 6.07) is 9.07. The first-order valence-corrected chi connectivity index (χ1v) is 5.82. The predicted molar refractivity (Wildman–Crippen MR) is 72.3 cm³/mol. The van der Waals surface area contributed by atoms with Crippen LogP contribution in [0.5, 0.6) is 0 Å². The maximum Gasteiger partial charge on any atom is 0.293 e. The fraction of sp³-hybridized carbons (Fsp3) is 0. The highest BCUT2D eigenvalue weighted by Gasteiger charge is 2.10. The Balaban J connectivity index is 1.74. The molecule has 0 spiro atoms. The van der Waals surface area contributed by atoms with Crippen molar-refractivity contribution in [2.24, 2.45) is 0 Å². The van der Waals surface area contributed by atoms with Crippen LogP contribution in [0.25, 0.3) is 5.69 Å².